The molecule has 0 heterocycles. The number of hydrogen-bond donors (Lipinski definition) is 1. The highest BCUT2D eigenvalue weighted by atomic mass is 16.6. The molecule has 0 fully saturated rings. The molecule has 6 heteroatoms. The van der Waals surface area contributed by atoms with Crippen LogP contribution < -0.4 is 10.1 Å². The Balaban J connectivity index is 1.74. The fraction of sp³-hybridized carbons (Fsp3) is 0.0952. The van der Waals surface area contributed by atoms with Gasteiger partial charge in [0.05, 0.1) is 4.92 Å². The number of amides is 1. The number of rotatable bonds is 6. The van der Waals surface area contributed by atoms with Gasteiger partial charge in [0.15, 0.2) is 0 Å². The van der Waals surface area contributed by atoms with Gasteiger partial charge < -0.3 is 10.1 Å². The first-order chi connectivity index (χ1) is 13.0. The van der Waals surface area contributed by atoms with Crippen LogP contribution in [0.3, 0.4) is 0 Å². The Morgan fingerprint density at radius 3 is 2.41 bits per heavy atom. The molecular weight excluding hydrogens is 344 g/mol. The van der Waals surface area contributed by atoms with Crippen LogP contribution in [-0.2, 0) is 6.54 Å². The van der Waals surface area contributed by atoms with Crippen LogP contribution in [0, 0.1) is 17.0 Å². The molecule has 0 atom stereocenters. The standard InChI is InChI=1S/C21H18N2O4/c1-15-10-12-17(13-11-15)27-20-9-5-2-6-16(20)14-22-21(24)18-7-3-4-8-19(18)23(25)26/h2-13H,14H2,1H3,(H,22,24). The number of nitro groups is 1. The Morgan fingerprint density at radius 1 is 1.00 bits per heavy atom. The summed E-state index contributed by atoms with van der Waals surface area (Å²) in [5.41, 5.74) is 1.70. The lowest BCUT2D eigenvalue weighted by molar-refractivity contribution is -0.385. The smallest absolute Gasteiger partial charge is 0.282 e. The van der Waals surface area contributed by atoms with E-state index in [0.717, 1.165) is 11.1 Å². The predicted octanol–water partition coefficient (Wildman–Crippen LogP) is 4.63. The van der Waals surface area contributed by atoms with Crippen LogP contribution in [0.5, 0.6) is 11.5 Å². The van der Waals surface area contributed by atoms with Crippen molar-refractivity contribution in [1.82, 2.24) is 5.32 Å². The molecule has 0 unspecified atom stereocenters. The van der Waals surface area contributed by atoms with E-state index in [4.69, 9.17) is 4.74 Å². The highest BCUT2D eigenvalue weighted by Gasteiger charge is 2.19. The zero-order chi connectivity index (χ0) is 19.2. The summed E-state index contributed by atoms with van der Waals surface area (Å²) >= 11 is 0. The molecule has 3 aromatic carbocycles. The van der Waals surface area contributed by atoms with Crippen LogP contribution in [0.1, 0.15) is 21.5 Å². The van der Waals surface area contributed by atoms with Crippen molar-refractivity contribution in [3.63, 3.8) is 0 Å². The first kappa shape index (κ1) is 18.1. The monoisotopic (exact) mass is 362 g/mol. The van der Waals surface area contributed by atoms with Gasteiger partial charge in [0, 0.05) is 18.2 Å². The van der Waals surface area contributed by atoms with Crippen molar-refractivity contribution in [3.05, 3.63) is 99.6 Å². The third-order valence-electron chi connectivity index (χ3n) is 4.01. The first-order valence-electron chi connectivity index (χ1n) is 8.38. The number of benzene rings is 3. The van der Waals surface area contributed by atoms with Gasteiger partial charge in [-0.1, -0.05) is 48.0 Å². The average molecular weight is 362 g/mol. The molecule has 0 radical (unpaired) electrons. The topological polar surface area (TPSA) is 81.5 Å². The van der Waals surface area contributed by atoms with Crippen molar-refractivity contribution < 1.29 is 14.5 Å². The van der Waals surface area contributed by atoms with E-state index in [9.17, 15) is 14.9 Å². The van der Waals surface area contributed by atoms with E-state index in [1.807, 2.05) is 55.5 Å². The first-order valence-corrected chi connectivity index (χ1v) is 8.38. The molecule has 1 amide bonds. The predicted molar refractivity (Wildman–Crippen MR) is 102 cm³/mol. The Hall–Kier alpha value is -3.67. The van der Waals surface area contributed by atoms with Gasteiger partial charge in [-0.05, 0) is 31.2 Å². The van der Waals surface area contributed by atoms with Gasteiger partial charge in [0.2, 0.25) is 0 Å². The third-order valence-corrected chi connectivity index (χ3v) is 4.01. The molecule has 136 valence electrons. The summed E-state index contributed by atoms with van der Waals surface area (Å²) < 4.78 is 5.90. The molecule has 6 nitrogen and oxygen atoms in total. The highest BCUT2D eigenvalue weighted by molar-refractivity contribution is 5.98. The van der Waals surface area contributed by atoms with Gasteiger partial charge in [-0.3, -0.25) is 14.9 Å². The molecule has 3 rings (SSSR count). The van der Waals surface area contributed by atoms with Gasteiger partial charge in [0.25, 0.3) is 11.6 Å². The van der Waals surface area contributed by atoms with E-state index >= 15 is 0 Å². The Morgan fingerprint density at radius 2 is 1.67 bits per heavy atom. The van der Waals surface area contributed by atoms with Gasteiger partial charge >= 0.3 is 0 Å². The molecule has 1 N–H and O–H groups in total. The number of hydrogen-bond acceptors (Lipinski definition) is 4. The van der Waals surface area contributed by atoms with E-state index in [2.05, 4.69) is 5.32 Å². The minimum Gasteiger partial charge on any atom is -0.457 e. The van der Waals surface area contributed by atoms with Gasteiger partial charge in [-0.2, -0.15) is 0 Å². The summed E-state index contributed by atoms with van der Waals surface area (Å²) in [7, 11) is 0. The van der Waals surface area contributed by atoms with E-state index < -0.39 is 10.8 Å². The van der Waals surface area contributed by atoms with Gasteiger partial charge in [-0.15, -0.1) is 0 Å². The second kappa shape index (κ2) is 8.14. The Labute approximate surface area is 156 Å². The van der Waals surface area contributed by atoms with E-state index in [1.165, 1.54) is 18.2 Å². The summed E-state index contributed by atoms with van der Waals surface area (Å²) in [6.45, 7) is 2.18. The normalized spacial score (nSPS) is 10.3. The summed E-state index contributed by atoms with van der Waals surface area (Å²) in [6, 6.07) is 20.8. The highest BCUT2D eigenvalue weighted by Crippen LogP contribution is 2.26. The summed E-state index contributed by atoms with van der Waals surface area (Å²) in [5, 5.41) is 13.8. The number of carbonyl (C=O) groups is 1. The Kier molecular flexibility index (Phi) is 5.47. The van der Waals surface area contributed by atoms with E-state index in [1.54, 1.807) is 6.07 Å². The van der Waals surface area contributed by atoms with Crippen molar-refractivity contribution >= 4 is 11.6 Å². The van der Waals surface area contributed by atoms with Crippen molar-refractivity contribution in [2.24, 2.45) is 0 Å². The van der Waals surface area contributed by atoms with Crippen LogP contribution >= 0.6 is 0 Å². The average Bonchev–Trinajstić information content (AvgIpc) is 2.68. The third kappa shape index (κ3) is 4.49. The van der Waals surface area contributed by atoms with Crippen molar-refractivity contribution in [2.45, 2.75) is 13.5 Å². The molecule has 0 saturated carbocycles. The molecule has 0 aliphatic rings. The summed E-state index contributed by atoms with van der Waals surface area (Å²) in [6.07, 6.45) is 0. The fourth-order valence-corrected chi connectivity index (χ4v) is 2.58. The van der Waals surface area contributed by atoms with E-state index in [0.29, 0.717) is 11.5 Å². The summed E-state index contributed by atoms with van der Waals surface area (Å²) in [5.74, 6) is 0.801. The number of nitro benzene ring substituents is 1. The number of para-hydroxylation sites is 2. The maximum Gasteiger partial charge on any atom is 0.282 e. The lowest BCUT2D eigenvalue weighted by atomic mass is 10.1. The number of ether oxygens (including phenoxy) is 1. The molecular formula is C21H18N2O4. The minimum atomic E-state index is -0.566. The van der Waals surface area contributed by atoms with Crippen molar-refractivity contribution in [3.8, 4) is 11.5 Å². The zero-order valence-electron chi connectivity index (χ0n) is 14.7. The molecule has 0 saturated heterocycles. The number of nitrogens with zero attached hydrogens (tertiary/aromatic N) is 1. The van der Waals surface area contributed by atoms with Crippen LogP contribution in [0.15, 0.2) is 72.8 Å². The van der Waals surface area contributed by atoms with Crippen LogP contribution in [0.25, 0.3) is 0 Å². The maximum absolute atomic E-state index is 12.4. The van der Waals surface area contributed by atoms with Gasteiger partial charge in [-0.25, -0.2) is 0 Å². The lowest BCUT2D eigenvalue weighted by Crippen LogP contribution is -2.23. The number of nitrogens with one attached hydrogen (secondary N) is 1. The van der Waals surface area contributed by atoms with E-state index in [-0.39, 0.29) is 17.8 Å². The number of carbonyl (C=O) groups excluding carboxylic acids is 1. The SMILES string of the molecule is Cc1ccc(Oc2ccccc2CNC(=O)c2ccccc2[N+](=O)[O-])cc1. The molecule has 0 aliphatic carbocycles. The lowest BCUT2D eigenvalue weighted by Gasteiger charge is -2.12. The second-order valence-corrected chi connectivity index (χ2v) is 5.98. The van der Waals surface area contributed by atoms with Gasteiger partial charge in [0.1, 0.15) is 17.1 Å². The molecule has 3 aromatic rings. The zero-order valence-corrected chi connectivity index (χ0v) is 14.7. The second-order valence-electron chi connectivity index (χ2n) is 5.98. The van der Waals surface area contributed by atoms with Crippen LogP contribution in [0.4, 0.5) is 5.69 Å². The molecule has 0 aromatic heterocycles. The van der Waals surface area contributed by atoms with Crippen molar-refractivity contribution in [2.75, 3.05) is 0 Å². The van der Waals surface area contributed by atoms with Crippen LogP contribution in [-0.4, -0.2) is 10.8 Å². The maximum atomic E-state index is 12.4. The fourth-order valence-electron chi connectivity index (χ4n) is 2.58. The quantitative estimate of drug-likeness (QED) is 0.512. The molecule has 27 heavy (non-hydrogen) atoms. The molecule has 0 aliphatic heterocycles. The van der Waals surface area contributed by atoms with Crippen molar-refractivity contribution in [1.29, 1.82) is 0 Å². The summed E-state index contributed by atoms with van der Waals surface area (Å²) in [4.78, 5) is 22.9. The molecule has 0 bridgehead atoms. The molecule has 0 spiro atoms. The number of aryl methyl sites for hydroxylation is 1. The minimum absolute atomic E-state index is 0.0273. The largest absolute Gasteiger partial charge is 0.457 e. The van der Waals surface area contributed by atoms with Crippen LogP contribution in [0.2, 0.25) is 0 Å². The Bertz CT molecular complexity index is 968.